The Hall–Kier alpha value is -1.81. The fourth-order valence-electron chi connectivity index (χ4n) is 3.18. The Balaban J connectivity index is 1.76. The molecule has 0 unspecified atom stereocenters. The number of fused-ring (bicyclic) bond motifs is 1. The highest BCUT2D eigenvalue weighted by Gasteiger charge is 2.36. The fraction of sp³-hybridized carbons (Fsp3) is 0.471. The monoisotopic (exact) mass is 286 g/mol. The summed E-state index contributed by atoms with van der Waals surface area (Å²) in [4.78, 5) is 17.1. The number of benzene rings is 1. The summed E-state index contributed by atoms with van der Waals surface area (Å²) in [6.45, 7) is 6.57. The minimum Gasteiger partial charge on any atom is -0.481 e. The van der Waals surface area contributed by atoms with Crippen molar-refractivity contribution in [3.63, 3.8) is 0 Å². The van der Waals surface area contributed by atoms with Gasteiger partial charge < -0.3 is 10.1 Å². The van der Waals surface area contributed by atoms with Gasteiger partial charge in [-0.3, -0.25) is 9.69 Å². The quantitative estimate of drug-likeness (QED) is 0.911. The number of carboxylic acid groups (broad SMARTS) is 1. The molecule has 0 spiro atoms. The molecule has 0 aliphatic carbocycles. The van der Waals surface area contributed by atoms with Gasteiger partial charge in [-0.05, 0) is 51.4 Å². The van der Waals surface area contributed by atoms with Crippen LogP contribution in [0.5, 0.6) is 0 Å². The molecule has 1 saturated heterocycles. The van der Waals surface area contributed by atoms with Gasteiger partial charge in [0.2, 0.25) is 0 Å². The van der Waals surface area contributed by atoms with Crippen LogP contribution >= 0.6 is 0 Å². The number of rotatable bonds is 3. The first-order valence-electron chi connectivity index (χ1n) is 7.51. The van der Waals surface area contributed by atoms with Gasteiger partial charge in [0.05, 0.1) is 5.41 Å². The number of para-hydroxylation sites is 1. The van der Waals surface area contributed by atoms with Crippen molar-refractivity contribution in [1.29, 1.82) is 0 Å². The van der Waals surface area contributed by atoms with E-state index in [4.69, 9.17) is 0 Å². The maximum Gasteiger partial charge on any atom is 0.309 e. The maximum atomic E-state index is 11.3. The Bertz CT molecular complexity index is 666. The minimum atomic E-state index is -0.662. The van der Waals surface area contributed by atoms with E-state index < -0.39 is 11.4 Å². The molecule has 1 aromatic heterocycles. The Morgan fingerprint density at radius 1 is 1.33 bits per heavy atom. The molecule has 2 aromatic rings. The van der Waals surface area contributed by atoms with Crippen LogP contribution in [0.3, 0.4) is 0 Å². The lowest BCUT2D eigenvalue weighted by molar-refractivity contribution is -0.150. The number of piperidine rings is 1. The normalized spacial score (nSPS) is 19.0. The number of carbonyl (C=O) groups is 1. The fourth-order valence-corrected chi connectivity index (χ4v) is 3.18. The molecule has 4 nitrogen and oxygen atoms in total. The number of nitrogens with one attached hydrogen (secondary N) is 1. The topological polar surface area (TPSA) is 56.3 Å². The second-order valence-electron chi connectivity index (χ2n) is 6.42. The van der Waals surface area contributed by atoms with E-state index in [-0.39, 0.29) is 0 Å². The Morgan fingerprint density at radius 3 is 2.67 bits per heavy atom. The lowest BCUT2D eigenvalue weighted by atomic mass is 9.80. The molecule has 1 aliphatic rings. The zero-order chi connectivity index (χ0) is 15.0. The van der Waals surface area contributed by atoms with Crippen LogP contribution < -0.4 is 0 Å². The zero-order valence-electron chi connectivity index (χ0n) is 12.6. The van der Waals surface area contributed by atoms with Gasteiger partial charge in [0.25, 0.3) is 0 Å². The number of aryl methyl sites for hydroxylation is 1. The summed E-state index contributed by atoms with van der Waals surface area (Å²) >= 11 is 0. The van der Waals surface area contributed by atoms with E-state index >= 15 is 0 Å². The molecule has 2 N–H and O–H groups in total. The highest BCUT2D eigenvalue weighted by Crippen LogP contribution is 2.32. The van der Waals surface area contributed by atoms with Gasteiger partial charge in [-0.2, -0.15) is 0 Å². The van der Waals surface area contributed by atoms with Crippen LogP contribution in [0.1, 0.15) is 31.0 Å². The van der Waals surface area contributed by atoms with E-state index in [0.717, 1.165) is 32.5 Å². The number of aromatic amines is 1. The van der Waals surface area contributed by atoms with E-state index in [9.17, 15) is 9.90 Å². The average Bonchev–Trinajstić information content (AvgIpc) is 2.78. The van der Waals surface area contributed by atoms with Gasteiger partial charge >= 0.3 is 5.97 Å². The third kappa shape index (κ3) is 2.56. The molecule has 1 aliphatic heterocycles. The first kappa shape index (κ1) is 14.1. The Morgan fingerprint density at radius 2 is 2.00 bits per heavy atom. The molecule has 0 bridgehead atoms. The number of hydrogen-bond donors (Lipinski definition) is 2. The van der Waals surface area contributed by atoms with Gasteiger partial charge in [-0.1, -0.05) is 18.2 Å². The van der Waals surface area contributed by atoms with Gasteiger partial charge in [0.15, 0.2) is 0 Å². The lowest BCUT2D eigenvalue weighted by Crippen LogP contribution is -2.42. The van der Waals surface area contributed by atoms with Crippen LogP contribution in [0.4, 0.5) is 0 Å². The lowest BCUT2D eigenvalue weighted by Gasteiger charge is -2.36. The largest absolute Gasteiger partial charge is 0.481 e. The molecule has 21 heavy (non-hydrogen) atoms. The summed E-state index contributed by atoms with van der Waals surface area (Å²) in [5.41, 5.74) is 3.18. The number of aliphatic carboxylic acids is 1. The Labute approximate surface area is 124 Å². The number of aromatic nitrogens is 1. The maximum absolute atomic E-state index is 11.3. The van der Waals surface area contributed by atoms with E-state index in [1.165, 1.54) is 22.2 Å². The summed E-state index contributed by atoms with van der Waals surface area (Å²) in [6.07, 6.45) is 1.45. The molecule has 0 radical (unpaired) electrons. The predicted octanol–water partition coefficient (Wildman–Crippen LogP) is 3.16. The van der Waals surface area contributed by atoms with Crippen molar-refractivity contribution >= 4 is 16.9 Å². The van der Waals surface area contributed by atoms with Crippen LogP contribution in [-0.4, -0.2) is 34.0 Å². The van der Waals surface area contributed by atoms with Gasteiger partial charge in [0, 0.05) is 23.1 Å². The summed E-state index contributed by atoms with van der Waals surface area (Å²) < 4.78 is 0. The second kappa shape index (κ2) is 5.19. The number of carboxylic acids is 1. The summed E-state index contributed by atoms with van der Waals surface area (Å²) in [6, 6.07) is 8.36. The first-order chi connectivity index (χ1) is 9.99. The Kier molecular flexibility index (Phi) is 3.49. The zero-order valence-corrected chi connectivity index (χ0v) is 12.6. The highest BCUT2D eigenvalue weighted by molar-refractivity contribution is 5.84. The molecule has 1 aromatic carbocycles. The van der Waals surface area contributed by atoms with Crippen LogP contribution in [0.15, 0.2) is 24.3 Å². The SMILES string of the molecule is Cc1[nH]c2ccccc2c1CN1CCC(C)(C(=O)O)CC1. The first-order valence-corrected chi connectivity index (χ1v) is 7.51. The van der Waals surface area contributed by atoms with Crippen molar-refractivity contribution in [1.82, 2.24) is 9.88 Å². The molecule has 1 fully saturated rings. The van der Waals surface area contributed by atoms with E-state index in [1.54, 1.807) is 0 Å². The van der Waals surface area contributed by atoms with E-state index in [2.05, 4.69) is 35.0 Å². The molecule has 112 valence electrons. The highest BCUT2D eigenvalue weighted by atomic mass is 16.4. The summed E-state index contributed by atoms with van der Waals surface area (Å²) in [5, 5.41) is 10.6. The van der Waals surface area contributed by atoms with Crippen molar-refractivity contribution in [2.24, 2.45) is 5.41 Å². The molecule has 0 saturated carbocycles. The van der Waals surface area contributed by atoms with Crippen LogP contribution in [0, 0.1) is 12.3 Å². The van der Waals surface area contributed by atoms with Gasteiger partial charge in [0.1, 0.15) is 0 Å². The van der Waals surface area contributed by atoms with Crippen LogP contribution in [0.2, 0.25) is 0 Å². The van der Waals surface area contributed by atoms with Crippen LogP contribution in [-0.2, 0) is 11.3 Å². The number of nitrogens with zero attached hydrogens (tertiary/aromatic N) is 1. The third-order valence-corrected chi connectivity index (χ3v) is 4.88. The summed E-state index contributed by atoms with van der Waals surface area (Å²) in [7, 11) is 0. The molecular weight excluding hydrogens is 264 g/mol. The number of hydrogen-bond acceptors (Lipinski definition) is 2. The van der Waals surface area contributed by atoms with Crippen LogP contribution in [0.25, 0.3) is 10.9 Å². The second-order valence-corrected chi connectivity index (χ2v) is 6.42. The molecule has 0 amide bonds. The number of likely N-dealkylation sites (tertiary alicyclic amines) is 1. The van der Waals surface area contributed by atoms with Gasteiger partial charge in [-0.25, -0.2) is 0 Å². The van der Waals surface area contributed by atoms with Crippen molar-refractivity contribution < 1.29 is 9.90 Å². The molecule has 4 heteroatoms. The minimum absolute atomic E-state index is 0.550. The standard InChI is InChI=1S/C17H22N2O2/c1-12-14(13-5-3-4-6-15(13)18-12)11-19-9-7-17(2,8-10-19)16(20)21/h3-6,18H,7-11H2,1-2H3,(H,20,21). The smallest absolute Gasteiger partial charge is 0.309 e. The van der Waals surface area contributed by atoms with E-state index in [1.807, 2.05) is 13.0 Å². The van der Waals surface area contributed by atoms with E-state index in [0.29, 0.717) is 0 Å². The molecule has 0 atom stereocenters. The average molecular weight is 286 g/mol. The number of H-pyrrole nitrogens is 1. The molecular formula is C17H22N2O2. The molecule has 3 rings (SSSR count). The van der Waals surface area contributed by atoms with Crippen molar-refractivity contribution in [3.05, 3.63) is 35.5 Å². The van der Waals surface area contributed by atoms with Crippen molar-refractivity contribution in [2.45, 2.75) is 33.2 Å². The van der Waals surface area contributed by atoms with Crippen molar-refractivity contribution in [2.75, 3.05) is 13.1 Å². The summed E-state index contributed by atoms with van der Waals surface area (Å²) in [5.74, 6) is -0.662. The molecule has 2 heterocycles. The van der Waals surface area contributed by atoms with Crippen molar-refractivity contribution in [3.8, 4) is 0 Å². The predicted molar refractivity (Wildman–Crippen MR) is 83.3 cm³/mol. The third-order valence-electron chi connectivity index (χ3n) is 4.88. The van der Waals surface area contributed by atoms with Gasteiger partial charge in [-0.15, -0.1) is 0 Å².